The Balaban J connectivity index is 1.54. The maximum atomic E-state index is 12.9. The van der Waals surface area contributed by atoms with Crippen molar-refractivity contribution in [2.45, 2.75) is 45.1 Å². The van der Waals surface area contributed by atoms with Crippen LogP contribution in [0.2, 0.25) is 0 Å². The zero-order valence-corrected chi connectivity index (χ0v) is 15.4. The number of carbonyl (C=O) groups is 1. The first kappa shape index (κ1) is 17.2. The lowest BCUT2D eigenvalue weighted by Gasteiger charge is -2.16. The van der Waals surface area contributed by atoms with Crippen LogP contribution < -0.4 is 0 Å². The second-order valence-corrected chi connectivity index (χ2v) is 7.91. The summed E-state index contributed by atoms with van der Waals surface area (Å²) in [6.45, 7) is 5.65. The molecule has 26 heavy (non-hydrogen) atoms. The van der Waals surface area contributed by atoms with Crippen LogP contribution in [0.5, 0.6) is 0 Å². The molecule has 138 valence electrons. The number of aliphatic hydroxyl groups excluding tert-OH is 1. The first-order valence-electron chi connectivity index (χ1n) is 9.48. The minimum atomic E-state index is -0.00626. The highest BCUT2D eigenvalue weighted by molar-refractivity contribution is 5.94. The highest BCUT2D eigenvalue weighted by atomic mass is 16.3. The number of aliphatic hydroxyl groups is 1. The maximum absolute atomic E-state index is 12.9. The van der Waals surface area contributed by atoms with Crippen molar-refractivity contribution < 1.29 is 9.90 Å². The molecule has 1 saturated carbocycles. The number of likely N-dealkylation sites (tertiary alicyclic amines) is 1. The van der Waals surface area contributed by atoms with Gasteiger partial charge < -0.3 is 10.0 Å². The molecule has 0 unspecified atom stereocenters. The highest BCUT2D eigenvalue weighted by Gasteiger charge is 2.45. The molecule has 1 aromatic heterocycles. The molecule has 1 amide bonds. The molecule has 1 aromatic carbocycles. The lowest BCUT2D eigenvalue weighted by atomic mass is 9.91. The van der Waals surface area contributed by atoms with Crippen LogP contribution in [0.15, 0.2) is 24.3 Å². The normalized spacial score (nSPS) is 23.0. The van der Waals surface area contributed by atoms with Crippen LogP contribution >= 0.6 is 0 Å². The molecule has 0 radical (unpaired) electrons. The van der Waals surface area contributed by atoms with Crippen LogP contribution in [-0.4, -0.2) is 44.2 Å². The van der Waals surface area contributed by atoms with Crippen molar-refractivity contribution in [1.29, 1.82) is 0 Å². The second-order valence-electron chi connectivity index (χ2n) is 7.91. The standard InChI is InChI=1S/C20H26N4O2/c1-12(2)18-21-19(23-22-18)17-10-24(9-16(17)14-7-8-14)20(26)15-5-3-13(11-25)4-6-15/h3-6,12,14,16-17,25H,7-11H2,1-2H3,(H,21,22,23)/t16-,17+/m1/s1. The maximum Gasteiger partial charge on any atom is 0.253 e. The number of benzene rings is 1. The monoisotopic (exact) mass is 354 g/mol. The van der Waals surface area contributed by atoms with E-state index in [4.69, 9.17) is 4.98 Å². The van der Waals surface area contributed by atoms with Gasteiger partial charge in [-0.25, -0.2) is 4.98 Å². The molecule has 2 atom stereocenters. The van der Waals surface area contributed by atoms with E-state index < -0.39 is 0 Å². The third-order valence-electron chi connectivity index (χ3n) is 5.65. The number of amides is 1. The van der Waals surface area contributed by atoms with Gasteiger partial charge in [-0.2, -0.15) is 5.10 Å². The number of rotatable bonds is 5. The molecule has 2 aromatic rings. The average Bonchev–Trinajstić information content (AvgIpc) is 3.21. The molecule has 2 aliphatic rings. The van der Waals surface area contributed by atoms with Crippen molar-refractivity contribution in [3.63, 3.8) is 0 Å². The summed E-state index contributed by atoms with van der Waals surface area (Å²) in [6, 6.07) is 7.23. The number of carbonyl (C=O) groups excluding carboxylic acids is 1. The van der Waals surface area contributed by atoms with Gasteiger partial charge in [0, 0.05) is 30.5 Å². The highest BCUT2D eigenvalue weighted by Crippen LogP contribution is 2.47. The van der Waals surface area contributed by atoms with E-state index in [1.165, 1.54) is 12.8 Å². The first-order valence-corrected chi connectivity index (χ1v) is 9.48. The predicted molar refractivity (Wildman–Crippen MR) is 97.7 cm³/mol. The van der Waals surface area contributed by atoms with E-state index in [1.54, 1.807) is 12.1 Å². The summed E-state index contributed by atoms with van der Waals surface area (Å²) in [5, 5.41) is 16.7. The van der Waals surface area contributed by atoms with E-state index in [2.05, 4.69) is 24.0 Å². The van der Waals surface area contributed by atoms with Crippen LogP contribution in [0, 0.1) is 11.8 Å². The summed E-state index contributed by atoms with van der Waals surface area (Å²) in [5.41, 5.74) is 1.50. The number of nitrogens with one attached hydrogen (secondary N) is 1. The van der Waals surface area contributed by atoms with E-state index in [9.17, 15) is 9.90 Å². The van der Waals surface area contributed by atoms with Crippen LogP contribution in [0.4, 0.5) is 0 Å². The van der Waals surface area contributed by atoms with Crippen molar-refractivity contribution in [3.05, 3.63) is 47.0 Å². The molecule has 0 bridgehead atoms. The quantitative estimate of drug-likeness (QED) is 0.865. The largest absolute Gasteiger partial charge is 0.392 e. The topological polar surface area (TPSA) is 82.1 Å². The molecule has 1 aliphatic carbocycles. The average molecular weight is 354 g/mol. The van der Waals surface area contributed by atoms with Crippen molar-refractivity contribution >= 4 is 5.91 Å². The molecular weight excluding hydrogens is 328 g/mol. The number of aromatic amines is 1. The fourth-order valence-corrected chi connectivity index (χ4v) is 3.93. The van der Waals surface area contributed by atoms with E-state index in [0.29, 0.717) is 29.9 Å². The molecule has 1 aliphatic heterocycles. The van der Waals surface area contributed by atoms with Gasteiger partial charge in [-0.3, -0.25) is 9.89 Å². The third-order valence-corrected chi connectivity index (χ3v) is 5.65. The first-order chi connectivity index (χ1) is 12.6. The van der Waals surface area contributed by atoms with Gasteiger partial charge in [-0.1, -0.05) is 26.0 Å². The lowest BCUT2D eigenvalue weighted by molar-refractivity contribution is 0.0784. The Bertz CT molecular complexity index is 779. The van der Waals surface area contributed by atoms with Crippen molar-refractivity contribution in [1.82, 2.24) is 20.1 Å². The van der Waals surface area contributed by atoms with Gasteiger partial charge >= 0.3 is 0 Å². The smallest absolute Gasteiger partial charge is 0.253 e. The van der Waals surface area contributed by atoms with Crippen LogP contribution in [0.1, 0.15) is 66.1 Å². The van der Waals surface area contributed by atoms with E-state index >= 15 is 0 Å². The number of nitrogens with zero attached hydrogens (tertiary/aromatic N) is 3. The van der Waals surface area contributed by atoms with Gasteiger partial charge in [0.2, 0.25) is 0 Å². The summed E-state index contributed by atoms with van der Waals surface area (Å²) in [4.78, 5) is 19.6. The molecule has 6 nitrogen and oxygen atoms in total. The number of hydrogen-bond acceptors (Lipinski definition) is 4. The van der Waals surface area contributed by atoms with Crippen LogP contribution in [0.3, 0.4) is 0 Å². The summed E-state index contributed by atoms with van der Waals surface area (Å²) in [7, 11) is 0. The van der Waals surface area contributed by atoms with E-state index in [-0.39, 0.29) is 18.4 Å². The van der Waals surface area contributed by atoms with Gasteiger partial charge in [0.25, 0.3) is 5.91 Å². The fraction of sp³-hybridized carbons (Fsp3) is 0.550. The molecule has 2 fully saturated rings. The molecule has 1 saturated heterocycles. The minimum absolute atomic E-state index is 0.00626. The van der Waals surface area contributed by atoms with Crippen molar-refractivity contribution in [2.24, 2.45) is 11.8 Å². The molecule has 4 rings (SSSR count). The summed E-state index contributed by atoms with van der Waals surface area (Å²) in [5.74, 6) is 3.53. The van der Waals surface area contributed by atoms with Gasteiger partial charge in [0.05, 0.1) is 6.61 Å². The minimum Gasteiger partial charge on any atom is -0.392 e. The Kier molecular flexibility index (Phi) is 4.53. The molecular formula is C20H26N4O2. The lowest BCUT2D eigenvalue weighted by Crippen LogP contribution is -2.29. The van der Waals surface area contributed by atoms with Crippen molar-refractivity contribution in [2.75, 3.05) is 13.1 Å². The van der Waals surface area contributed by atoms with E-state index in [0.717, 1.165) is 23.8 Å². The molecule has 2 heterocycles. The van der Waals surface area contributed by atoms with Gasteiger partial charge in [-0.05, 0) is 42.4 Å². The number of hydrogen-bond donors (Lipinski definition) is 2. The molecule has 6 heteroatoms. The third kappa shape index (κ3) is 3.26. The van der Waals surface area contributed by atoms with Gasteiger partial charge in [0.15, 0.2) is 5.82 Å². The van der Waals surface area contributed by atoms with E-state index in [1.807, 2.05) is 17.0 Å². The Labute approximate surface area is 153 Å². The van der Waals surface area contributed by atoms with Gasteiger partial charge in [-0.15, -0.1) is 0 Å². The number of aromatic nitrogens is 3. The van der Waals surface area contributed by atoms with Crippen LogP contribution in [0.25, 0.3) is 0 Å². The SMILES string of the molecule is CC(C)c1n[nH]c([C@H]2CN(C(=O)c3ccc(CO)cc3)C[C@@H]2C2CC2)n1. The Morgan fingerprint density at radius 1 is 1.27 bits per heavy atom. The predicted octanol–water partition coefficient (Wildman–Crippen LogP) is 2.69. The summed E-state index contributed by atoms with van der Waals surface area (Å²) in [6.07, 6.45) is 2.50. The number of H-pyrrole nitrogens is 1. The molecule has 2 N–H and O–H groups in total. The Morgan fingerprint density at radius 2 is 2.00 bits per heavy atom. The fourth-order valence-electron chi connectivity index (χ4n) is 3.93. The summed E-state index contributed by atoms with van der Waals surface area (Å²) >= 11 is 0. The zero-order valence-electron chi connectivity index (χ0n) is 15.4. The second kappa shape index (κ2) is 6.83. The summed E-state index contributed by atoms with van der Waals surface area (Å²) < 4.78 is 0. The van der Waals surface area contributed by atoms with Gasteiger partial charge in [0.1, 0.15) is 5.82 Å². The zero-order chi connectivity index (χ0) is 18.3. The molecule has 0 spiro atoms. The Morgan fingerprint density at radius 3 is 2.58 bits per heavy atom. The Hall–Kier alpha value is -2.21. The van der Waals surface area contributed by atoms with Crippen molar-refractivity contribution in [3.8, 4) is 0 Å². The van der Waals surface area contributed by atoms with Crippen LogP contribution in [-0.2, 0) is 6.61 Å².